The third kappa shape index (κ3) is 5.48. The Morgan fingerprint density at radius 3 is 2.61 bits per heavy atom. The van der Waals surface area contributed by atoms with Crippen molar-refractivity contribution >= 4 is 14.4 Å². The first-order valence-electron chi connectivity index (χ1n) is 8.12. The average Bonchev–Trinajstić information content (AvgIpc) is 2.83. The van der Waals surface area contributed by atoms with Crippen LogP contribution >= 0.6 is 0 Å². The van der Waals surface area contributed by atoms with Crippen LogP contribution in [0.4, 0.5) is 4.79 Å². The number of likely N-dealkylation sites (tertiary alicyclic amines) is 1. The number of hydrogen-bond donors (Lipinski definition) is 1. The van der Waals surface area contributed by atoms with Gasteiger partial charge in [-0.15, -0.1) is 0 Å². The van der Waals surface area contributed by atoms with Crippen molar-refractivity contribution in [2.75, 3.05) is 19.8 Å². The fourth-order valence-corrected chi connectivity index (χ4v) is 3.69. The summed E-state index contributed by atoms with van der Waals surface area (Å²) in [7, 11) is -1.89. The molecule has 0 aromatic heterocycles. The van der Waals surface area contributed by atoms with E-state index >= 15 is 0 Å². The monoisotopic (exact) mass is 341 g/mol. The maximum absolute atomic E-state index is 12.2. The number of aliphatic hydroxyl groups is 1. The minimum absolute atomic E-state index is 0.000477. The van der Waals surface area contributed by atoms with Crippen LogP contribution in [-0.2, 0) is 9.16 Å². The number of amides is 1. The van der Waals surface area contributed by atoms with E-state index in [1.165, 1.54) is 0 Å². The molecule has 1 N–H and O–H groups in total. The molecule has 1 heterocycles. The summed E-state index contributed by atoms with van der Waals surface area (Å²) < 4.78 is 11.6. The van der Waals surface area contributed by atoms with Crippen LogP contribution in [-0.4, -0.2) is 56.3 Å². The molecule has 6 heteroatoms. The molecule has 2 atom stereocenters. The van der Waals surface area contributed by atoms with E-state index in [4.69, 9.17) is 14.3 Å². The van der Waals surface area contributed by atoms with E-state index in [2.05, 4.69) is 40.4 Å². The molecule has 0 aliphatic carbocycles. The zero-order valence-electron chi connectivity index (χ0n) is 15.0. The Morgan fingerprint density at radius 2 is 2.09 bits per heavy atom. The van der Waals surface area contributed by atoms with Crippen LogP contribution in [0.2, 0.25) is 18.1 Å². The summed E-state index contributed by atoms with van der Waals surface area (Å²) in [5, 5.41) is 9.12. The lowest BCUT2D eigenvalue weighted by Gasteiger charge is -2.38. The quantitative estimate of drug-likeness (QED) is 0.595. The number of ether oxygens (including phenoxy) is 1. The van der Waals surface area contributed by atoms with Crippen molar-refractivity contribution in [2.45, 2.75) is 57.5 Å². The first kappa shape index (κ1) is 19.9. The highest BCUT2D eigenvalue weighted by Crippen LogP contribution is 2.39. The molecule has 132 valence electrons. The molecule has 5 nitrogen and oxygen atoms in total. The number of nitrogens with zero attached hydrogens (tertiary/aromatic N) is 1. The van der Waals surface area contributed by atoms with Gasteiger partial charge >= 0.3 is 6.09 Å². The molecule has 0 unspecified atom stereocenters. The van der Waals surface area contributed by atoms with Crippen LogP contribution in [0.25, 0.3) is 0 Å². The number of carbonyl (C=O) groups excluding carboxylic acids is 1. The molecule has 23 heavy (non-hydrogen) atoms. The van der Waals surface area contributed by atoms with Gasteiger partial charge in [-0.05, 0) is 24.6 Å². The van der Waals surface area contributed by atoms with Gasteiger partial charge < -0.3 is 14.3 Å². The molecule has 0 saturated carbocycles. The molecule has 1 saturated heterocycles. The molecule has 1 aliphatic rings. The van der Waals surface area contributed by atoms with Gasteiger partial charge in [-0.2, -0.15) is 0 Å². The topological polar surface area (TPSA) is 59.0 Å². The molecule has 0 aromatic rings. The van der Waals surface area contributed by atoms with Crippen LogP contribution < -0.4 is 0 Å². The summed E-state index contributed by atoms with van der Waals surface area (Å²) in [4.78, 5) is 13.9. The molecule has 0 aromatic carbocycles. The average molecular weight is 342 g/mol. The molecule has 1 aliphatic heterocycles. The highest BCUT2D eigenvalue weighted by atomic mass is 28.4. The largest absolute Gasteiger partial charge is 0.445 e. The normalized spacial score (nSPS) is 22.6. The highest BCUT2D eigenvalue weighted by molar-refractivity contribution is 6.74. The Kier molecular flexibility index (Phi) is 7.04. The van der Waals surface area contributed by atoms with Gasteiger partial charge in [0.1, 0.15) is 6.61 Å². The van der Waals surface area contributed by atoms with Crippen LogP contribution in [0.3, 0.4) is 0 Å². The first-order chi connectivity index (χ1) is 10.6. The number of rotatable bonds is 6. The van der Waals surface area contributed by atoms with Gasteiger partial charge in [0.15, 0.2) is 8.32 Å². The van der Waals surface area contributed by atoms with Gasteiger partial charge in [0, 0.05) is 6.54 Å². The Morgan fingerprint density at radius 1 is 1.43 bits per heavy atom. The van der Waals surface area contributed by atoms with Gasteiger partial charge in [0.25, 0.3) is 0 Å². The lowest BCUT2D eigenvalue weighted by molar-refractivity contribution is 0.108. The van der Waals surface area contributed by atoms with E-state index in [1.807, 2.05) is 6.08 Å². The smallest absolute Gasteiger partial charge is 0.410 e. The molecule has 0 bridgehead atoms. The minimum atomic E-state index is -1.89. The molecular formula is C17H31NO4Si. The van der Waals surface area contributed by atoms with Gasteiger partial charge in [-0.3, -0.25) is 4.90 Å². The standard InChI is InChI=1S/C17H31NO4Si/c1-7-11-21-16(20)18-13-15(12-14(18)9-8-10-19)22-23(5,6)17(2,3)4/h7-9,14-15,19H,1,10-13H2,2-6H3/b9-8+/t14-,15-/m1/s1. The van der Waals surface area contributed by atoms with Crippen molar-refractivity contribution in [3.8, 4) is 0 Å². The van der Waals surface area contributed by atoms with Crippen molar-refractivity contribution < 1.29 is 19.1 Å². The fraction of sp³-hybridized carbons (Fsp3) is 0.706. The predicted octanol–water partition coefficient (Wildman–Crippen LogP) is 3.32. The number of aliphatic hydroxyl groups excluding tert-OH is 1. The summed E-state index contributed by atoms with van der Waals surface area (Å²) in [6.45, 7) is 15.3. The lowest BCUT2D eigenvalue weighted by atomic mass is 10.2. The molecule has 1 rings (SSSR count). The molecule has 1 amide bonds. The Hall–Kier alpha value is -1.11. The second-order valence-corrected chi connectivity index (χ2v) is 12.2. The van der Waals surface area contributed by atoms with Crippen molar-refractivity contribution in [1.82, 2.24) is 4.90 Å². The number of carbonyl (C=O) groups is 1. The second-order valence-electron chi connectivity index (χ2n) is 7.43. The summed E-state index contributed by atoms with van der Waals surface area (Å²) in [5.41, 5.74) is 0. The minimum Gasteiger partial charge on any atom is -0.445 e. The molecule has 0 spiro atoms. The predicted molar refractivity (Wildman–Crippen MR) is 95.0 cm³/mol. The highest BCUT2D eigenvalue weighted by Gasteiger charge is 2.43. The maximum Gasteiger partial charge on any atom is 0.410 e. The van der Waals surface area contributed by atoms with Crippen molar-refractivity contribution in [2.24, 2.45) is 0 Å². The van der Waals surface area contributed by atoms with E-state index in [1.54, 1.807) is 17.1 Å². The Balaban J connectivity index is 2.81. The van der Waals surface area contributed by atoms with E-state index in [0.29, 0.717) is 6.54 Å². The van der Waals surface area contributed by atoms with Gasteiger partial charge in [0.2, 0.25) is 0 Å². The number of hydrogen-bond acceptors (Lipinski definition) is 4. The van der Waals surface area contributed by atoms with E-state index in [9.17, 15) is 4.79 Å². The van der Waals surface area contributed by atoms with E-state index in [-0.39, 0.29) is 36.5 Å². The molecule has 0 radical (unpaired) electrons. The maximum atomic E-state index is 12.2. The van der Waals surface area contributed by atoms with Gasteiger partial charge in [-0.25, -0.2) is 4.79 Å². The molecule has 1 fully saturated rings. The van der Waals surface area contributed by atoms with Crippen molar-refractivity contribution in [3.63, 3.8) is 0 Å². The fourth-order valence-electron chi connectivity index (χ4n) is 2.33. The SMILES string of the molecule is C=CCOC(=O)N1C[C@H](O[Si](C)(C)C(C)(C)C)C[C@H]1/C=C/CO. The van der Waals surface area contributed by atoms with Crippen LogP contribution in [0, 0.1) is 0 Å². The Bertz CT molecular complexity index is 442. The van der Waals surface area contributed by atoms with Crippen LogP contribution in [0.15, 0.2) is 24.8 Å². The third-order valence-corrected chi connectivity index (χ3v) is 9.13. The molecular weight excluding hydrogens is 310 g/mol. The van der Waals surface area contributed by atoms with Crippen LogP contribution in [0.5, 0.6) is 0 Å². The van der Waals surface area contributed by atoms with Crippen LogP contribution in [0.1, 0.15) is 27.2 Å². The summed E-state index contributed by atoms with van der Waals surface area (Å²) in [6.07, 6.45) is 5.43. The lowest BCUT2D eigenvalue weighted by Crippen LogP contribution is -2.44. The van der Waals surface area contributed by atoms with Gasteiger partial charge in [-0.1, -0.05) is 45.6 Å². The zero-order chi connectivity index (χ0) is 17.7. The first-order valence-corrected chi connectivity index (χ1v) is 11.0. The van der Waals surface area contributed by atoms with E-state index < -0.39 is 8.32 Å². The summed E-state index contributed by atoms with van der Waals surface area (Å²) in [6, 6.07) is -0.103. The zero-order valence-corrected chi connectivity index (χ0v) is 16.0. The van der Waals surface area contributed by atoms with Gasteiger partial charge in [0.05, 0.1) is 18.8 Å². The van der Waals surface area contributed by atoms with Crippen molar-refractivity contribution in [3.05, 3.63) is 24.8 Å². The summed E-state index contributed by atoms with van der Waals surface area (Å²) >= 11 is 0. The third-order valence-electron chi connectivity index (χ3n) is 4.60. The second kappa shape index (κ2) is 8.12. The Labute approximate surface area is 141 Å². The summed E-state index contributed by atoms with van der Waals surface area (Å²) in [5.74, 6) is 0. The van der Waals surface area contributed by atoms with Crippen molar-refractivity contribution in [1.29, 1.82) is 0 Å². The van der Waals surface area contributed by atoms with E-state index in [0.717, 1.165) is 6.42 Å².